The third-order valence-corrected chi connectivity index (χ3v) is 5.39. The lowest BCUT2D eigenvalue weighted by Crippen LogP contribution is -2.40. The van der Waals surface area contributed by atoms with Crippen molar-refractivity contribution >= 4 is 5.96 Å². The van der Waals surface area contributed by atoms with Gasteiger partial charge >= 0.3 is 0 Å². The van der Waals surface area contributed by atoms with Gasteiger partial charge in [0, 0.05) is 32.1 Å². The molecule has 0 radical (unpaired) electrons. The van der Waals surface area contributed by atoms with Gasteiger partial charge in [0.1, 0.15) is 0 Å². The van der Waals surface area contributed by atoms with Gasteiger partial charge in [-0.05, 0) is 44.1 Å². The molecule has 1 aliphatic heterocycles. The predicted octanol–water partition coefficient (Wildman–Crippen LogP) is 3.75. The fourth-order valence-corrected chi connectivity index (χ4v) is 3.87. The number of benzene rings is 2. The van der Waals surface area contributed by atoms with Gasteiger partial charge in [-0.3, -0.25) is 0 Å². The van der Waals surface area contributed by atoms with Crippen molar-refractivity contribution in [2.75, 3.05) is 40.3 Å². The molecule has 3 rings (SSSR count). The third kappa shape index (κ3) is 6.85. The third-order valence-electron chi connectivity index (χ3n) is 5.39. The number of hydrogen-bond acceptors (Lipinski definition) is 3. The molecule has 0 bridgehead atoms. The van der Waals surface area contributed by atoms with E-state index in [1.807, 2.05) is 6.07 Å². The number of nitrogens with zero attached hydrogens (tertiary/aromatic N) is 3. The Morgan fingerprint density at radius 1 is 1.10 bits per heavy atom. The van der Waals surface area contributed by atoms with Crippen molar-refractivity contribution in [1.29, 1.82) is 0 Å². The lowest BCUT2D eigenvalue weighted by Gasteiger charge is -2.22. The van der Waals surface area contributed by atoms with Crippen LogP contribution in [0.1, 0.15) is 30.0 Å². The van der Waals surface area contributed by atoms with Gasteiger partial charge in [0.25, 0.3) is 0 Å². The average molecular weight is 409 g/mol. The van der Waals surface area contributed by atoms with Crippen LogP contribution in [-0.2, 0) is 24.4 Å². The van der Waals surface area contributed by atoms with Crippen LogP contribution in [0.15, 0.2) is 59.6 Å². The van der Waals surface area contributed by atoms with E-state index in [2.05, 4.69) is 84.7 Å². The summed E-state index contributed by atoms with van der Waals surface area (Å²) in [5.41, 5.74) is 3.87. The fourth-order valence-electron chi connectivity index (χ4n) is 3.87. The average Bonchev–Trinajstić information content (AvgIpc) is 3.21. The largest absolute Gasteiger partial charge is 0.376 e. The van der Waals surface area contributed by atoms with E-state index in [0.29, 0.717) is 19.1 Å². The summed E-state index contributed by atoms with van der Waals surface area (Å²) in [5.74, 6) is 1.57. The Morgan fingerprint density at radius 2 is 1.83 bits per heavy atom. The van der Waals surface area contributed by atoms with Gasteiger partial charge in [0.2, 0.25) is 0 Å². The van der Waals surface area contributed by atoms with Crippen molar-refractivity contribution in [2.24, 2.45) is 10.9 Å². The molecule has 0 aromatic heterocycles. The smallest absolute Gasteiger partial charge is 0.194 e. The maximum Gasteiger partial charge on any atom is 0.194 e. The van der Waals surface area contributed by atoms with Gasteiger partial charge in [-0.1, -0.05) is 54.6 Å². The van der Waals surface area contributed by atoms with Gasteiger partial charge in [-0.15, -0.1) is 0 Å². The van der Waals surface area contributed by atoms with Crippen LogP contribution >= 0.6 is 0 Å². The Labute approximate surface area is 181 Å². The molecule has 1 aliphatic rings. The van der Waals surface area contributed by atoms with E-state index in [4.69, 9.17) is 9.73 Å². The lowest BCUT2D eigenvalue weighted by atomic mass is 10.1. The summed E-state index contributed by atoms with van der Waals surface area (Å²) in [7, 11) is 4.21. The molecule has 0 spiro atoms. The second kappa shape index (κ2) is 11.7. The second-order valence-electron chi connectivity index (χ2n) is 8.28. The van der Waals surface area contributed by atoms with Gasteiger partial charge in [-0.25, -0.2) is 4.99 Å². The molecule has 1 atom stereocenters. The molecule has 1 fully saturated rings. The number of nitrogens with one attached hydrogen (secondary N) is 1. The monoisotopic (exact) mass is 408 g/mol. The summed E-state index contributed by atoms with van der Waals surface area (Å²) < 4.78 is 5.98. The molecule has 0 amide bonds. The van der Waals surface area contributed by atoms with Gasteiger partial charge in [0.05, 0.1) is 19.8 Å². The first-order chi connectivity index (χ1) is 14.7. The highest BCUT2D eigenvalue weighted by molar-refractivity contribution is 5.80. The summed E-state index contributed by atoms with van der Waals surface area (Å²) in [6.07, 6.45) is 1.15. The van der Waals surface area contributed by atoms with Crippen LogP contribution in [0.25, 0.3) is 0 Å². The molecule has 1 N–H and O–H groups in total. The number of guanidine groups is 1. The maximum atomic E-state index is 5.98. The minimum absolute atomic E-state index is 0.554. The summed E-state index contributed by atoms with van der Waals surface area (Å²) >= 11 is 0. The number of ether oxygens (including phenoxy) is 1. The van der Waals surface area contributed by atoms with E-state index in [0.717, 1.165) is 45.2 Å². The highest BCUT2D eigenvalue weighted by Crippen LogP contribution is 2.18. The van der Waals surface area contributed by atoms with E-state index >= 15 is 0 Å². The quantitative estimate of drug-likeness (QED) is 0.507. The molecule has 2 aromatic carbocycles. The zero-order valence-corrected chi connectivity index (χ0v) is 18.7. The van der Waals surface area contributed by atoms with Crippen LogP contribution in [0.2, 0.25) is 0 Å². The number of rotatable bonds is 9. The van der Waals surface area contributed by atoms with Crippen LogP contribution in [0.4, 0.5) is 0 Å². The topological polar surface area (TPSA) is 40.1 Å². The molecule has 162 valence electrons. The molecule has 5 heteroatoms. The predicted molar refractivity (Wildman–Crippen MR) is 124 cm³/mol. The second-order valence-corrected chi connectivity index (χ2v) is 8.28. The van der Waals surface area contributed by atoms with Crippen molar-refractivity contribution in [3.63, 3.8) is 0 Å². The molecular formula is C25H36N4O. The van der Waals surface area contributed by atoms with Crippen molar-refractivity contribution in [3.8, 4) is 0 Å². The Hall–Kier alpha value is -2.37. The van der Waals surface area contributed by atoms with Crippen LogP contribution in [0.3, 0.4) is 0 Å². The zero-order chi connectivity index (χ0) is 21.2. The van der Waals surface area contributed by atoms with Crippen LogP contribution in [-0.4, -0.2) is 56.1 Å². The van der Waals surface area contributed by atoms with E-state index in [9.17, 15) is 0 Å². The fraction of sp³-hybridized carbons (Fsp3) is 0.480. The molecule has 0 saturated carbocycles. The van der Waals surface area contributed by atoms with E-state index in [1.54, 1.807) is 0 Å². The van der Waals surface area contributed by atoms with E-state index in [1.165, 1.54) is 16.7 Å². The van der Waals surface area contributed by atoms with Crippen LogP contribution in [0.5, 0.6) is 0 Å². The van der Waals surface area contributed by atoms with E-state index < -0.39 is 0 Å². The highest BCUT2D eigenvalue weighted by Gasteiger charge is 2.25. The minimum atomic E-state index is 0.554. The molecule has 1 saturated heterocycles. The number of aliphatic imine (C=N–C) groups is 1. The van der Waals surface area contributed by atoms with Crippen molar-refractivity contribution in [3.05, 3.63) is 71.3 Å². The number of likely N-dealkylation sites (tertiary alicyclic amines) is 1. The Morgan fingerprint density at radius 3 is 2.57 bits per heavy atom. The van der Waals surface area contributed by atoms with Gasteiger partial charge < -0.3 is 19.9 Å². The molecule has 2 aromatic rings. The molecule has 1 heterocycles. The van der Waals surface area contributed by atoms with E-state index in [-0.39, 0.29) is 0 Å². The molecule has 30 heavy (non-hydrogen) atoms. The summed E-state index contributed by atoms with van der Waals surface area (Å²) in [5, 5.41) is 3.48. The Kier molecular flexibility index (Phi) is 8.72. The maximum absolute atomic E-state index is 5.98. The lowest BCUT2D eigenvalue weighted by molar-refractivity contribution is 0.0906. The van der Waals surface area contributed by atoms with Crippen molar-refractivity contribution in [1.82, 2.24) is 15.1 Å². The SMILES string of the molecule is CCNC(=NCc1ccccc1CN(C)C)N1CCC(COCc2ccccc2)C1. The highest BCUT2D eigenvalue weighted by atomic mass is 16.5. The van der Waals surface area contributed by atoms with Gasteiger partial charge in [-0.2, -0.15) is 0 Å². The molecule has 5 nitrogen and oxygen atoms in total. The van der Waals surface area contributed by atoms with Crippen molar-refractivity contribution in [2.45, 2.75) is 33.0 Å². The first-order valence-electron chi connectivity index (χ1n) is 11.0. The van der Waals surface area contributed by atoms with Gasteiger partial charge in [0.15, 0.2) is 5.96 Å². The zero-order valence-electron chi connectivity index (χ0n) is 18.7. The first-order valence-corrected chi connectivity index (χ1v) is 11.0. The number of hydrogen-bond donors (Lipinski definition) is 1. The van der Waals surface area contributed by atoms with Crippen LogP contribution in [0, 0.1) is 5.92 Å². The normalized spacial score (nSPS) is 17.0. The minimum Gasteiger partial charge on any atom is -0.376 e. The Bertz CT molecular complexity index is 791. The van der Waals surface area contributed by atoms with Crippen molar-refractivity contribution < 1.29 is 4.74 Å². The molecule has 1 unspecified atom stereocenters. The first kappa shape index (κ1) is 22.3. The molecular weight excluding hydrogens is 372 g/mol. The summed E-state index contributed by atoms with van der Waals surface area (Å²) in [4.78, 5) is 9.55. The summed E-state index contributed by atoms with van der Waals surface area (Å²) in [6, 6.07) is 19.0. The van der Waals surface area contributed by atoms with Crippen LogP contribution < -0.4 is 5.32 Å². The standard InChI is InChI=1S/C25H36N4O/c1-4-26-25(27-16-23-12-8-9-13-24(23)18-28(2)3)29-15-14-22(17-29)20-30-19-21-10-6-5-7-11-21/h5-13,22H,4,14-20H2,1-3H3,(H,26,27). The summed E-state index contributed by atoms with van der Waals surface area (Å²) in [6.45, 7) is 8.18. The Balaban J connectivity index is 1.55. The molecule has 0 aliphatic carbocycles.